The van der Waals surface area contributed by atoms with Gasteiger partial charge in [0.15, 0.2) is 0 Å². The molecule has 0 aliphatic rings. The highest BCUT2D eigenvalue weighted by Crippen LogP contribution is 2.29. The number of carbonyl (C=O) groups excluding carboxylic acids is 1. The van der Waals surface area contributed by atoms with Crippen molar-refractivity contribution in [2.24, 2.45) is 0 Å². The molecule has 0 aliphatic carbocycles. The fourth-order valence-electron chi connectivity index (χ4n) is 1.62. The van der Waals surface area contributed by atoms with E-state index in [0.717, 1.165) is 25.0 Å². The summed E-state index contributed by atoms with van der Waals surface area (Å²) in [5, 5.41) is 2.74. The highest BCUT2D eigenvalue weighted by atomic mass is 19.4. The lowest BCUT2D eigenvalue weighted by Crippen LogP contribution is -2.32. The Morgan fingerprint density at radius 2 is 1.83 bits per heavy atom. The van der Waals surface area contributed by atoms with Crippen molar-refractivity contribution in [3.8, 4) is 0 Å². The van der Waals surface area contributed by atoms with Crippen molar-refractivity contribution in [1.29, 1.82) is 0 Å². The summed E-state index contributed by atoms with van der Waals surface area (Å²) in [5.41, 5.74) is -0.508. The van der Waals surface area contributed by atoms with E-state index >= 15 is 0 Å². The van der Waals surface area contributed by atoms with Gasteiger partial charge in [0.2, 0.25) is 0 Å². The lowest BCUT2D eigenvalue weighted by atomic mass is 10.1. The molecule has 1 aromatic rings. The molecule has 1 atom stereocenters. The summed E-state index contributed by atoms with van der Waals surface area (Å²) in [6.45, 7) is 3.87. The van der Waals surface area contributed by atoms with E-state index in [1.807, 2.05) is 13.8 Å². The van der Waals surface area contributed by atoms with Crippen LogP contribution in [-0.2, 0) is 6.18 Å². The van der Waals surface area contributed by atoms with Gasteiger partial charge >= 0.3 is 6.18 Å². The molecular formula is C13H16F3NO. The van der Waals surface area contributed by atoms with Crippen LogP contribution in [0.15, 0.2) is 24.3 Å². The molecule has 5 heteroatoms. The number of nitrogens with one attached hydrogen (secondary N) is 1. The van der Waals surface area contributed by atoms with Crippen LogP contribution in [0, 0.1) is 0 Å². The first-order valence-corrected chi connectivity index (χ1v) is 5.82. The Bertz CT molecular complexity index is 398. The zero-order valence-corrected chi connectivity index (χ0v) is 10.3. The highest BCUT2D eigenvalue weighted by Gasteiger charge is 2.30. The number of amides is 1. The summed E-state index contributed by atoms with van der Waals surface area (Å²) in [5.74, 6) is -0.343. The molecule has 1 N–H and O–H groups in total. The van der Waals surface area contributed by atoms with Crippen molar-refractivity contribution in [2.75, 3.05) is 0 Å². The zero-order chi connectivity index (χ0) is 13.8. The van der Waals surface area contributed by atoms with Crippen molar-refractivity contribution in [3.05, 3.63) is 35.4 Å². The predicted octanol–water partition coefficient (Wildman–Crippen LogP) is 3.62. The molecule has 0 heterocycles. The average molecular weight is 259 g/mol. The molecule has 1 aromatic carbocycles. The summed E-state index contributed by atoms with van der Waals surface area (Å²) < 4.78 is 37.0. The lowest BCUT2D eigenvalue weighted by molar-refractivity contribution is -0.137. The largest absolute Gasteiger partial charge is 0.416 e. The third-order valence-corrected chi connectivity index (χ3v) is 2.57. The maximum atomic E-state index is 12.3. The van der Waals surface area contributed by atoms with Gasteiger partial charge in [0, 0.05) is 11.6 Å². The molecule has 0 saturated carbocycles. The number of benzene rings is 1. The molecule has 1 amide bonds. The molecule has 0 aromatic heterocycles. The van der Waals surface area contributed by atoms with Crippen LogP contribution in [0.5, 0.6) is 0 Å². The van der Waals surface area contributed by atoms with Gasteiger partial charge in [-0.15, -0.1) is 0 Å². The van der Waals surface area contributed by atoms with E-state index in [1.165, 1.54) is 12.1 Å². The molecule has 0 bridgehead atoms. The van der Waals surface area contributed by atoms with Crippen LogP contribution in [0.1, 0.15) is 42.6 Å². The molecule has 0 fully saturated rings. The summed E-state index contributed by atoms with van der Waals surface area (Å²) in [7, 11) is 0. The van der Waals surface area contributed by atoms with Gasteiger partial charge in [0.25, 0.3) is 5.91 Å². The molecule has 1 rings (SSSR count). The molecule has 0 saturated heterocycles. The fourth-order valence-corrected chi connectivity index (χ4v) is 1.62. The standard InChI is InChI=1S/C13H16F3NO/c1-3-4-9(2)17-12(18)10-5-7-11(8-6-10)13(14,15)16/h5-9H,3-4H2,1-2H3,(H,17,18)/t9-/m1/s1. The molecule has 18 heavy (non-hydrogen) atoms. The Morgan fingerprint density at radius 3 is 2.28 bits per heavy atom. The zero-order valence-electron chi connectivity index (χ0n) is 10.3. The van der Waals surface area contributed by atoms with E-state index in [4.69, 9.17) is 0 Å². The smallest absolute Gasteiger partial charge is 0.350 e. The summed E-state index contributed by atoms with van der Waals surface area (Å²) in [6.07, 6.45) is -2.59. The predicted molar refractivity (Wildman–Crippen MR) is 63.3 cm³/mol. The lowest BCUT2D eigenvalue weighted by Gasteiger charge is -2.13. The van der Waals surface area contributed by atoms with Crippen LogP contribution in [0.4, 0.5) is 13.2 Å². The van der Waals surface area contributed by atoms with E-state index < -0.39 is 11.7 Å². The molecule has 0 radical (unpaired) electrons. The second kappa shape index (κ2) is 5.89. The van der Waals surface area contributed by atoms with Gasteiger partial charge in [-0.2, -0.15) is 13.2 Å². The monoisotopic (exact) mass is 259 g/mol. The second-order valence-corrected chi connectivity index (χ2v) is 4.24. The van der Waals surface area contributed by atoms with E-state index in [9.17, 15) is 18.0 Å². The highest BCUT2D eigenvalue weighted by molar-refractivity contribution is 5.94. The first kappa shape index (κ1) is 14.5. The first-order valence-electron chi connectivity index (χ1n) is 5.82. The first-order chi connectivity index (χ1) is 8.34. The van der Waals surface area contributed by atoms with Crippen LogP contribution >= 0.6 is 0 Å². The molecular weight excluding hydrogens is 243 g/mol. The van der Waals surface area contributed by atoms with Gasteiger partial charge in [0.1, 0.15) is 0 Å². The van der Waals surface area contributed by atoms with Crippen LogP contribution in [0.2, 0.25) is 0 Å². The minimum atomic E-state index is -4.37. The topological polar surface area (TPSA) is 29.1 Å². The fraction of sp³-hybridized carbons (Fsp3) is 0.462. The Hall–Kier alpha value is -1.52. The van der Waals surface area contributed by atoms with Crippen molar-refractivity contribution in [3.63, 3.8) is 0 Å². The number of carbonyl (C=O) groups is 1. The quantitative estimate of drug-likeness (QED) is 0.879. The summed E-state index contributed by atoms with van der Waals surface area (Å²) in [4.78, 5) is 11.7. The van der Waals surface area contributed by atoms with Crippen molar-refractivity contribution < 1.29 is 18.0 Å². The van der Waals surface area contributed by atoms with Crippen LogP contribution in [0.25, 0.3) is 0 Å². The van der Waals surface area contributed by atoms with Crippen LogP contribution in [-0.4, -0.2) is 11.9 Å². The number of hydrogen-bond acceptors (Lipinski definition) is 1. The van der Waals surface area contributed by atoms with E-state index in [0.29, 0.717) is 0 Å². The Morgan fingerprint density at radius 1 is 1.28 bits per heavy atom. The molecule has 0 unspecified atom stereocenters. The van der Waals surface area contributed by atoms with Gasteiger partial charge in [-0.25, -0.2) is 0 Å². The van der Waals surface area contributed by atoms with Gasteiger partial charge in [-0.1, -0.05) is 13.3 Å². The van der Waals surface area contributed by atoms with Gasteiger partial charge in [0.05, 0.1) is 5.56 Å². The Kier molecular flexibility index (Phi) is 4.76. The van der Waals surface area contributed by atoms with Crippen LogP contribution in [0.3, 0.4) is 0 Å². The molecule has 0 aliphatic heterocycles. The maximum absolute atomic E-state index is 12.3. The second-order valence-electron chi connectivity index (χ2n) is 4.24. The molecule has 2 nitrogen and oxygen atoms in total. The van der Waals surface area contributed by atoms with Gasteiger partial charge in [-0.05, 0) is 37.6 Å². The van der Waals surface area contributed by atoms with Crippen molar-refractivity contribution in [1.82, 2.24) is 5.32 Å². The minimum Gasteiger partial charge on any atom is -0.350 e. The number of hydrogen-bond donors (Lipinski definition) is 1. The van der Waals surface area contributed by atoms with Crippen molar-refractivity contribution in [2.45, 2.75) is 38.9 Å². The molecule has 100 valence electrons. The SMILES string of the molecule is CCC[C@@H](C)NC(=O)c1ccc(C(F)(F)F)cc1. The molecule has 0 spiro atoms. The Labute approximate surface area is 104 Å². The van der Waals surface area contributed by atoms with E-state index in [1.54, 1.807) is 0 Å². The van der Waals surface area contributed by atoms with Crippen molar-refractivity contribution >= 4 is 5.91 Å². The number of halogens is 3. The van der Waals surface area contributed by atoms with Gasteiger partial charge in [-0.3, -0.25) is 4.79 Å². The Balaban J connectivity index is 2.71. The van der Waals surface area contributed by atoms with E-state index in [2.05, 4.69) is 5.32 Å². The normalized spacial score (nSPS) is 13.2. The van der Waals surface area contributed by atoms with Crippen LogP contribution < -0.4 is 5.32 Å². The number of alkyl halides is 3. The summed E-state index contributed by atoms with van der Waals surface area (Å²) in [6, 6.07) is 4.23. The summed E-state index contributed by atoms with van der Waals surface area (Å²) >= 11 is 0. The van der Waals surface area contributed by atoms with E-state index in [-0.39, 0.29) is 17.5 Å². The third-order valence-electron chi connectivity index (χ3n) is 2.57. The van der Waals surface area contributed by atoms with Gasteiger partial charge < -0.3 is 5.32 Å². The number of rotatable bonds is 4. The maximum Gasteiger partial charge on any atom is 0.416 e. The third kappa shape index (κ3) is 4.05. The minimum absolute atomic E-state index is 0.0183. The average Bonchev–Trinajstić information content (AvgIpc) is 2.28.